The molecule has 0 N–H and O–H groups in total. The van der Waals surface area contributed by atoms with E-state index in [9.17, 15) is 4.79 Å². The molecule has 7 heavy (non-hydrogen) atoms. The van der Waals surface area contributed by atoms with E-state index in [4.69, 9.17) is 0 Å². The van der Waals surface area contributed by atoms with Crippen LogP contribution in [0, 0.1) is 0 Å². The molecule has 0 aliphatic carbocycles. The Morgan fingerprint density at radius 1 is 1.71 bits per heavy atom. The van der Waals surface area contributed by atoms with Crippen LogP contribution in [-0.2, 0) is 0 Å². The van der Waals surface area contributed by atoms with Crippen LogP contribution in [0.5, 0.6) is 0 Å². The van der Waals surface area contributed by atoms with Crippen LogP contribution < -0.4 is 0 Å². The first kappa shape index (κ1) is 5.08. The van der Waals surface area contributed by atoms with E-state index in [1.54, 1.807) is 0 Å². The van der Waals surface area contributed by atoms with Crippen molar-refractivity contribution in [1.82, 2.24) is 0 Å². The maximum absolute atomic E-state index is 9.93. The van der Waals surface area contributed by atoms with E-state index in [0.717, 1.165) is 9.87 Å². The second kappa shape index (κ2) is 2.30. The van der Waals surface area contributed by atoms with Crippen LogP contribution in [0.25, 0.3) is 0 Å². The van der Waals surface area contributed by atoms with Crippen LogP contribution >= 0.6 is 0 Å². The summed E-state index contributed by atoms with van der Waals surface area (Å²) in [7, 11) is 0. The molecule has 0 atom stereocenters. The molecule has 1 nitrogen and oxygen atoms in total. The number of hydrogen-bond acceptors (Lipinski definition) is 1. The molecule has 0 spiro atoms. The summed E-state index contributed by atoms with van der Waals surface area (Å²) in [5.74, 6) is 0. The van der Waals surface area contributed by atoms with Gasteiger partial charge in [0.25, 0.3) is 0 Å². The summed E-state index contributed by atoms with van der Waals surface area (Å²) in [6, 6.07) is 3.83. The van der Waals surface area contributed by atoms with Crippen molar-refractivity contribution in [2.24, 2.45) is 0 Å². The quantitative estimate of drug-likeness (QED) is 0.486. The van der Waals surface area contributed by atoms with Crippen LogP contribution in [0.3, 0.4) is 0 Å². The van der Waals surface area contributed by atoms with Gasteiger partial charge in [-0.05, 0) is 0 Å². The topological polar surface area (TPSA) is 17.1 Å². The van der Waals surface area contributed by atoms with Gasteiger partial charge in [0.05, 0.1) is 0 Å². The summed E-state index contributed by atoms with van der Waals surface area (Å²) >= 11 is -0.163. The van der Waals surface area contributed by atoms with Crippen LogP contribution in [0.4, 0.5) is 0 Å². The van der Waals surface area contributed by atoms with Gasteiger partial charge in [-0.3, -0.25) is 0 Å². The Morgan fingerprint density at radius 2 is 2.57 bits per heavy atom. The molecule has 0 fully saturated rings. The van der Waals surface area contributed by atoms with Crippen molar-refractivity contribution in [2.75, 3.05) is 0 Å². The first-order valence-corrected chi connectivity index (χ1v) is 4.43. The molecule has 36 valence electrons. The van der Waals surface area contributed by atoms with Gasteiger partial charge in [0.1, 0.15) is 0 Å². The predicted octanol–water partition coefficient (Wildman–Crippen LogP) is 0.556. The molecule has 1 aromatic rings. The number of carbonyl (C=O) groups excluding carboxylic acids is 1. The third-order valence-electron chi connectivity index (χ3n) is 0.659. The molecular weight excluding hydrogens is 204 g/mol. The Bertz CT molecular complexity index is 143. The van der Waals surface area contributed by atoms with Crippen molar-refractivity contribution in [3.63, 3.8) is 0 Å². The number of hydrogen-bond donors (Lipinski definition) is 0. The Balaban J connectivity index is 2.96. The van der Waals surface area contributed by atoms with Crippen molar-refractivity contribution >= 4 is 26.7 Å². The van der Waals surface area contributed by atoms with E-state index in [0.29, 0.717) is 0 Å². The fraction of sp³-hybridized carbons (Fsp3) is 0. The van der Waals surface area contributed by atoms with Gasteiger partial charge in [-0.25, -0.2) is 0 Å². The monoisotopic (exact) mass is 210 g/mol. The molecule has 0 aliphatic rings. The molecule has 0 aliphatic heterocycles. The second-order valence-electron chi connectivity index (χ2n) is 1.13. The fourth-order valence-electron chi connectivity index (χ4n) is 0.358. The zero-order valence-corrected chi connectivity index (χ0v) is 5.96. The molecule has 0 bridgehead atoms. The summed E-state index contributed by atoms with van der Waals surface area (Å²) in [4.78, 5) is 9.93. The standard InChI is InChI=1S/C5H4OTe/c6-4-5-2-1-3-7-5/h1-4H. The first-order valence-electron chi connectivity index (χ1n) is 1.92. The van der Waals surface area contributed by atoms with E-state index >= 15 is 0 Å². The molecule has 1 aromatic heterocycles. The molecule has 1 rings (SSSR count). The minimum atomic E-state index is -0.163. The van der Waals surface area contributed by atoms with Gasteiger partial charge in [0, 0.05) is 0 Å². The van der Waals surface area contributed by atoms with Gasteiger partial charge >= 0.3 is 51.3 Å². The number of rotatable bonds is 1. The van der Waals surface area contributed by atoms with Crippen LogP contribution in [0.15, 0.2) is 16.2 Å². The number of aldehydes is 1. The zero-order chi connectivity index (χ0) is 5.11. The SMILES string of the molecule is O=Cc1ccc[te]1. The summed E-state index contributed by atoms with van der Waals surface area (Å²) in [5.41, 5.74) is 0. The van der Waals surface area contributed by atoms with E-state index in [1.165, 1.54) is 0 Å². The van der Waals surface area contributed by atoms with Gasteiger partial charge in [-0.15, -0.1) is 0 Å². The van der Waals surface area contributed by atoms with Crippen molar-refractivity contribution in [3.05, 3.63) is 19.8 Å². The minimum absolute atomic E-state index is 0.163. The van der Waals surface area contributed by atoms with Gasteiger partial charge in [0.2, 0.25) is 0 Å². The van der Waals surface area contributed by atoms with Crippen molar-refractivity contribution < 1.29 is 4.79 Å². The predicted molar refractivity (Wildman–Crippen MR) is 28.8 cm³/mol. The van der Waals surface area contributed by atoms with Crippen LogP contribution in [0.2, 0.25) is 0 Å². The maximum atomic E-state index is 9.93. The first-order chi connectivity index (χ1) is 3.43. The summed E-state index contributed by atoms with van der Waals surface area (Å²) in [6.07, 6.45) is 0.947. The van der Waals surface area contributed by atoms with E-state index in [1.807, 2.05) is 12.1 Å². The van der Waals surface area contributed by atoms with Crippen molar-refractivity contribution in [1.29, 1.82) is 0 Å². The molecule has 0 saturated carbocycles. The van der Waals surface area contributed by atoms with Crippen LogP contribution in [-0.4, -0.2) is 26.7 Å². The Labute approximate surface area is 51.6 Å². The average Bonchev–Trinajstić information content (AvgIpc) is 2.14. The van der Waals surface area contributed by atoms with Gasteiger partial charge in [0.15, 0.2) is 0 Å². The Kier molecular flexibility index (Phi) is 1.67. The van der Waals surface area contributed by atoms with E-state index in [-0.39, 0.29) is 20.4 Å². The molecule has 1 heterocycles. The molecular formula is C5H4OTe. The van der Waals surface area contributed by atoms with E-state index < -0.39 is 0 Å². The Morgan fingerprint density at radius 3 is 2.86 bits per heavy atom. The third kappa shape index (κ3) is 1.15. The summed E-state index contributed by atoms with van der Waals surface area (Å²) < 4.78 is 3.10. The van der Waals surface area contributed by atoms with Gasteiger partial charge < -0.3 is 0 Å². The molecule has 0 unspecified atom stereocenters. The van der Waals surface area contributed by atoms with E-state index in [2.05, 4.69) is 4.08 Å². The fourth-order valence-corrected chi connectivity index (χ4v) is 1.86. The summed E-state index contributed by atoms with van der Waals surface area (Å²) in [5, 5.41) is 0. The second-order valence-corrected chi connectivity index (χ2v) is 3.93. The number of carbonyl (C=O) groups is 1. The average molecular weight is 208 g/mol. The molecule has 0 aromatic carbocycles. The molecule has 2 heteroatoms. The molecule has 0 amide bonds. The normalized spacial score (nSPS) is 8.57. The van der Waals surface area contributed by atoms with Crippen molar-refractivity contribution in [2.45, 2.75) is 0 Å². The summed E-state index contributed by atoms with van der Waals surface area (Å²) in [6.45, 7) is 0. The van der Waals surface area contributed by atoms with Gasteiger partial charge in [-0.2, -0.15) is 0 Å². The van der Waals surface area contributed by atoms with Gasteiger partial charge in [-0.1, -0.05) is 0 Å². The molecule has 0 radical (unpaired) electrons. The molecule has 0 saturated heterocycles. The third-order valence-corrected chi connectivity index (χ3v) is 2.94. The van der Waals surface area contributed by atoms with Crippen LogP contribution in [0.1, 0.15) is 8.37 Å². The van der Waals surface area contributed by atoms with Crippen molar-refractivity contribution in [3.8, 4) is 0 Å². The zero-order valence-electron chi connectivity index (χ0n) is 3.63. The Hall–Kier alpha value is -0.0604.